The number of nitrogens with zero attached hydrogens (tertiary/aromatic N) is 2. The molecule has 1 atom stereocenters. The Hall–Kier alpha value is -1.94. The van der Waals surface area contributed by atoms with Crippen molar-refractivity contribution in [2.45, 2.75) is 12.8 Å². The SMILES string of the molecule is C[C@H](c1ccccc1)c1cc2c(=O)n(C)cnc2s1. The first kappa shape index (κ1) is 12.1. The summed E-state index contributed by atoms with van der Waals surface area (Å²) in [4.78, 5) is 18.3. The number of aromatic nitrogens is 2. The maximum atomic E-state index is 12.0. The predicted molar refractivity (Wildman–Crippen MR) is 78.8 cm³/mol. The third-order valence-electron chi connectivity index (χ3n) is 3.36. The minimum Gasteiger partial charge on any atom is -0.302 e. The Morgan fingerprint density at radius 2 is 2.00 bits per heavy atom. The molecule has 0 aliphatic carbocycles. The number of hydrogen-bond acceptors (Lipinski definition) is 3. The normalized spacial score (nSPS) is 12.7. The number of benzene rings is 1. The van der Waals surface area contributed by atoms with Crippen molar-refractivity contribution in [2.75, 3.05) is 0 Å². The van der Waals surface area contributed by atoms with Crippen LogP contribution in [-0.4, -0.2) is 9.55 Å². The molecule has 0 radical (unpaired) electrons. The van der Waals surface area contributed by atoms with Gasteiger partial charge in [-0.15, -0.1) is 11.3 Å². The van der Waals surface area contributed by atoms with E-state index in [2.05, 4.69) is 24.0 Å². The van der Waals surface area contributed by atoms with Gasteiger partial charge in [0, 0.05) is 17.8 Å². The summed E-state index contributed by atoms with van der Waals surface area (Å²) in [6.45, 7) is 2.16. The molecule has 0 fully saturated rings. The number of rotatable bonds is 2. The van der Waals surface area contributed by atoms with Crippen LogP contribution in [0.25, 0.3) is 10.2 Å². The minimum absolute atomic E-state index is 0.0211. The second kappa shape index (κ2) is 4.63. The summed E-state index contributed by atoms with van der Waals surface area (Å²) in [6.07, 6.45) is 1.58. The second-order valence-corrected chi connectivity index (χ2v) is 5.72. The molecule has 3 nitrogen and oxygen atoms in total. The van der Waals surface area contributed by atoms with Gasteiger partial charge in [0.1, 0.15) is 4.83 Å². The van der Waals surface area contributed by atoms with Crippen molar-refractivity contribution in [3.05, 3.63) is 63.5 Å². The maximum absolute atomic E-state index is 12.0. The first-order valence-corrected chi connectivity index (χ1v) is 6.98. The van der Waals surface area contributed by atoms with Gasteiger partial charge in [-0.05, 0) is 11.6 Å². The number of thiophene rings is 1. The molecule has 0 aliphatic heterocycles. The van der Waals surface area contributed by atoms with E-state index in [4.69, 9.17) is 0 Å². The second-order valence-electron chi connectivity index (χ2n) is 4.66. The van der Waals surface area contributed by atoms with E-state index in [1.165, 1.54) is 15.0 Å². The Morgan fingerprint density at radius 1 is 1.26 bits per heavy atom. The Kier molecular flexibility index (Phi) is 2.95. The van der Waals surface area contributed by atoms with Gasteiger partial charge in [-0.25, -0.2) is 4.98 Å². The molecule has 96 valence electrons. The molecule has 0 saturated carbocycles. The molecule has 19 heavy (non-hydrogen) atoms. The first-order chi connectivity index (χ1) is 9.16. The van der Waals surface area contributed by atoms with Crippen LogP contribution in [0.15, 0.2) is 47.5 Å². The molecule has 0 saturated heterocycles. The van der Waals surface area contributed by atoms with E-state index in [9.17, 15) is 4.79 Å². The summed E-state index contributed by atoms with van der Waals surface area (Å²) in [5.41, 5.74) is 1.28. The van der Waals surface area contributed by atoms with Crippen LogP contribution in [0.1, 0.15) is 23.3 Å². The third-order valence-corrected chi connectivity index (χ3v) is 4.58. The van der Waals surface area contributed by atoms with Crippen molar-refractivity contribution in [2.24, 2.45) is 7.05 Å². The fourth-order valence-electron chi connectivity index (χ4n) is 2.15. The molecule has 3 aromatic rings. The van der Waals surface area contributed by atoms with Crippen LogP contribution in [0.5, 0.6) is 0 Å². The zero-order chi connectivity index (χ0) is 13.4. The average Bonchev–Trinajstić information content (AvgIpc) is 2.88. The van der Waals surface area contributed by atoms with Gasteiger partial charge in [-0.1, -0.05) is 37.3 Å². The summed E-state index contributed by atoms with van der Waals surface area (Å²) < 4.78 is 1.52. The minimum atomic E-state index is 0.0211. The number of fused-ring (bicyclic) bond motifs is 1. The van der Waals surface area contributed by atoms with Gasteiger partial charge in [-0.3, -0.25) is 4.79 Å². The standard InChI is InChI=1S/C15H14N2OS/c1-10(11-6-4-3-5-7-11)13-8-12-14(19-13)16-9-17(2)15(12)18/h3-10H,1-2H3/t10-/m1/s1. The van der Waals surface area contributed by atoms with Crippen LogP contribution in [0.3, 0.4) is 0 Å². The lowest BCUT2D eigenvalue weighted by atomic mass is 10.00. The van der Waals surface area contributed by atoms with Crippen molar-refractivity contribution in [1.29, 1.82) is 0 Å². The van der Waals surface area contributed by atoms with E-state index in [1.807, 2.05) is 24.3 Å². The van der Waals surface area contributed by atoms with Crippen molar-refractivity contribution >= 4 is 21.6 Å². The lowest BCUT2D eigenvalue weighted by Crippen LogP contribution is -2.15. The van der Waals surface area contributed by atoms with Crippen LogP contribution in [0.4, 0.5) is 0 Å². The fraction of sp³-hybridized carbons (Fsp3) is 0.200. The van der Waals surface area contributed by atoms with Gasteiger partial charge in [0.25, 0.3) is 5.56 Å². The Labute approximate surface area is 115 Å². The van der Waals surface area contributed by atoms with Crippen molar-refractivity contribution in [1.82, 2.24) is 9.55 Å². The smallest absolute Gasteiger partial charge is 0.261 e. The highest BCUT2D eigenvalue weighted by Crippen LogP contribution is 2.31. The molecule has 4 heteroatoms. The molecule has 0 spiro atoms. The van der Waals surface area contributed by atoms with Crippen LogP contribution in [0, 0.1) is 0 Å². The monoisotopic (exact) mass is 270 g/mol. The fourth-order valence-corrected chi connectivity index (χ4v) is 3.22. The maximum Gasteiger partial charge on any atom is 0.261 e. The Balaban J connectivity index is 2.12. The van der Waals surface area contributed by atoms with Gasteiger partial charge in [0.15, 0.2) is 0 Å². The number of hydrogen-bond donors (Lipinski definition) is 0. The van der Waals surface area contributed by atoms with Crippen LogP contribution in [0.2, 0.25) is 0 Å². The molecular weight excluding hydrogens is 256 g/mol. The quantitative estimate of drug-likeness (QED) is 0.717. The molecule has 2 heterocycles. The van der Waals surface area contributed by atoms with E-state index in [1.54, 1.807) is 24.7 Å². The summed E-state index contributed by atoms with van der Waals surface area (Å²) in [7, 11) is 1.73. The molecule has 0 aliphatic rings. The Bertz CT molecular complexity index is 774. The molecule has 1 aromatic carbocycles. The highest BCUT2D eigenvalue weighted by molar-refractivity contribution is 7.18. The molecule has 0 N–H and O–H groups in total. The van der Waals surface area contributed by atoms with Crippen LogP contribution < -0.4 is 5.56 Å². The van der Waals surface area contributed by atoms with E-state index < -0.39 is 0 Å². The molecule has 0 bridgehead atoms. The number of aryl methyl sites for hydroxylation is 1. The molecule has 0 amide bonds. The van der Waals surface area contributed by atoms with Gasteiger partial charge in [-0.2, -0.15) is 0 Å². The lowest BCUT2D eigenvalue weighted by Gasteiger charge is -2.08. The molecular formula is C15H14N2OS. The van der Waals surface area contributed by atoms with Crippen molar-refractivity contribution < 1.29 is 0 Å². The van der Waals surface area contributed by atoms with E-state index in [0.717, 1.165) is 4.83 Å². The van der Waals surface area contributed by atoms with Gasteiger partial charge >= 0.3 is 0 Å². The van der Waals surface area contributed by atoms with E-state index >= 15 is 0 Å². The largest absolute Gasteiger partial charge is 0.302 e. The predicted octanol–water partition coefficient (Wildman–Crippen LogP) is 3.15. The van der Waals surface area contributed by atoms with Gasteiger partial charge in [0.2, 0.25) is 0 Å². The van der Waals surface area contributed by atoms with Gasteiger partial charge < -0.3 is 4.57 Å². The summed E-state index contributed by atoms with van der Waals surface area (Å²) in [5.74, 6) is 0.283. The zero-order valence-electron chi connectivity index (χ0n) is 10.8. The molecule has 2 aromatic heterocycles. The first-order valence-electron chi connectivity index (χ1n) is 6.17. The molecule has 0 unspecified atom stereocenters. The lowest BCUT2D eigenvalue weighted by molar-refractivity contribution is 0.844. The topological polar surface area (TPSA) is 34.9 Å². The van der Waals surface area contributed by atoms with Crippen molar-refractivity contribution in [3.63, 3.8) is 0 Å². The van der Waals surface area contributed by atoms with Crippen LogP contribution >= 0.6 is 11.3 Å². The van der Waals surface area contributed by atoms with E-state index in [0.29, 0.717) is 5.39 Å². The Morgan fingerprint density at radius 3 is 2.74 bits per heavy atom. The van der Waals surface area contributed by atoms with E-state index in [-0.39, 0.29) is 11.5 Å². The van der Waals surface area contributed by atoms with Crippen LogP contribution in [-0.2, 0) is 7.05 Å². The zero-order valence-corrected chi connectivity index (χ0v) is 11.6. The highest BCUT2D eigenvalue weighted by Gasteiger charge is 2.14. The van der Waals surface area contributed by atoms with Crippen molar-refractivity contribution in [3.8, 4) is 0 Å². The third kappa shape index (κ3) is 2.08. The van der Waals surface area contributed by atoms with Gasteiger partial charge in [0.05, 0.1) is 11.7 Å². The summed E-state index contributed by atoms with van der Waals surface area (Å²) >= 11 is 1.60. The average molecular weight is 270 g/mol. The highest BCUT2D eigenvalue weighted by atomic mass is 32.1. The summed E-state index contributed by atoms with van der Waals surface area (Å²) in [6, 6.07) is 12.3. The summed E-state index contributed by atoms with van der Waals surface area (Å²) in [5, 5.41) is 0.716. The molecule has 3 rings (SSSR count).